The van der Waals surface area contributed by atoms with Gasteiger partial charge in [-0.25, -0.2) is 0 Å². The number of anilines is 1. The van der Waals surface area contributed by atoms with E-state index in [-0.39, 0.29) is 0 Å². The van der Waals surface area contributed by atoms with Gasteiger partial charge in [0.05, 0.1) is 5.52 Å². The van der Waals surface area contributed by atoms with E-state index in [9.17, 15) is 0 Å². The quantitative estimate of drug-likeness (QED) is 0.742. The maximum atomic E-state index is 4.66. The lowest BCUT2D eigenvalue weighted by atomic mass is 10.1. The van der Waals surface area contributed by atoms with E-state index in [0.29, 0.717) is 0 Å². The summed E-state index contributed by atoms with van der Waals surface area (Å²) in [4.78, 5) is 13.9. The van der Waals surface area contributed by atoms with Gasteiger partial charge in [0.2, 0.25) is 0 Å². The van der Waals surface area contributed by atoms with Gasteiger partial charge in [-0.3, -0.25) is 14.9 Å². The van der Waals surface area contributed by atoms with Crippen LogP contribution < -0.4 is 4.90 Å². The molecule has 1 aliphatic rings. The van der Waals surface area contributed by atoms with E-state index in [0.717, 1.165) is 43.9 Å². The monoisotopic (exact) mass is 318 g/mol. The van der Waals surface area contributed by atoms with Crippen molar-refractivity contribution in [1.29, 1.82) is 0 Å². The summed E-state index contributed by atoms with van der Waals surface area (Å²) in [6, 6.07) is 14.8. The van der Waals surface area contributed by atoms with Gasteiger partial charge in [0, 0.05) is 61.9 Å². The molecule has 1 saturated heterocycles. The maximum absolute atomic E-state index is 4.66. The van der Waals surface area contributed by atoms with Crippen LogP contribution >= 0.6 is 0 Å². The van der Waals surface area contributed by atoms with Gasteiger partial charge in [-0.15, -0.1) is 0 Å². The molecule has 3 aromatic rings. The number of hydrogen-bond acceptors (Lipinski definition) is 4. The Kier molecular flexibility index (Phi) is 4.13. The Bertz CT molecular complexity index is 823. The number of hydrogen-bond donors (Lipinski definition) is 0. The average molecular weight is 318 g/mol. The van der Waals surface area contributed by atoms with Gasteiger partial charge in [-0.1, -0.05) is 24.3 Å². The van der Waals surface area contributed by atoms with Crippen LogP contribution in [0.1, 0.15) is 11.3 Å². The number of fused-ring (bicyclic) bond motifs is 1. The Morgan fingerprint density at radius 1 is 1.00 bits per heavy atom. The van der Waals surface area contributed by atoms with Crippen molar-refractivity contribution < 1.29 is 0 Å². The third-order valence-corrected chi connectivity index (χ3v) is 4.66. The normalized spacial score (nSPS) is 15.8. The predicted octanol–water partition coefficient (Wildman–Crippen LogP) is 3.26. The second kappa shape index (κ2) is 6.57. The molecule has 0 amide bonds. The largest absolute Gasteiger partial charge is 0.368 e. The number of benzene rings is 1. The van der Waals surface area contributed by atoms with Crippen molar-refractivity contribution in [2.45, 2.75) is 13.5 Å². The minimum absolute atomic E-state index is 0.984. The lowest BCUT2D eigenvalue weighted by molar-refractivity contribution is 0.250. The number of para-hydroxylation sites is 1. The highest BCUT2D eigenvalue weighted by Gasteiger charge is 2.19. The smallest absolute Gasteiger partial charge is 0.0726 e. The summed E-state index contributed by atoms with van der Waals surface area (Å²) >= 11 is 0. The molecule has 0 bridgehead atoms. The Hall–Kier alpha value is -2.46. The zero-order valence-corrected chi connectivity index (χ0v) is 14.0. The molecule has 4 rings (SSSR count). The molecule has 24 heavy (non-hydrogen) atoms. The number of pyridine rings is 2. The number of aryl methyl sites for hydroxylation is 1. The molecule has 1 aromatic carbocycles. The minimum atomic E-state index is 0.984. The Morgan fingerprint density at radius 3 is 2.62 bits per heavy atom. The first-order chi connectivity index (χ1) is 11.8. The van der Waals surface area contributed by atoms with Crippen molar-refractivity contribution in [2.24, 2.45) is 0 Å². The first-order valence-corrected chi connectivity index (χ1v) is 8.52. The second-order valence-electron chi connectivity index (χ2n) is 6.42. The minimum Gasteiger partial charge on any atom is -0.368 e. The first-order valence-electron chi connectivity index (χ1n) is 8.52. The lowest BCUT2D eigenvalue weighted by Gasteiger charge is -2.36. The highest BCUT2D eigenvalue weighted by Crippen LogP contribution is 2.27. The SMILES string of the molecule is Cc1cc(N2CCN(Cc3cccnc3)CC2)c2ccccc2n1. The van der Waals surface area contributed by atoms with Crippen LogP contribution in [0.15, 0.2) is 54.9 Å². The first kappa shape index (κ1) is 15.1. The molecule has 4 heteroatoms. The van der Waals surface area contributed by atoms with E-state index in [1.54, 1.807) is 0 Å². The van der Waals surface area contributed by atoms with E-state index in [1.165, 1.54) is 16.6 Å². The zero-order valence-electron chi connectivity index (χ0n) is 14.0. The third kappa shape index (κ3) is 3.10. The summed E-state index contributed by atoms with van der Waals surface area (Å²) in [6.07, 6.45) is 3.80. The Labute approximate surface area is 142 Å². The van der Waals surface area contributed by atoms with Gasteiger partial charge >= 0.3 is 0 Å². The molecule has 4 nitrogen and oxygen atoms in total. The summed E-state index contributed by atoms with van der Waals surface area (Å²) in [5, 5.41) is 1.25. The molecule has 1 fully saturated rings. The molecule has 0 radical (unpaired) electrons. The highest BCUT2D eigenvalue weighted by atomic mass is 15.3. The number of aromatic nitrogens is 2. The Balaban J connectivity index is 1.50. The molecular weight excluding hydrogens is 296 g/mol. The van der Waals surface area contributed by atoms with E-state index in [2.05, 4.69) is 63.1 Å². The predicted molar refractivity (Wildman–Crippen MR) is 98.2 cm³/mol. The van der Waals surface area contributed by atoms with Gasteiger partial charge in [0.25, 0.3) is 0 Å². The van der Waals surface area contributed by atoms with Crippen LogP contribution in [0.5, 0.6) is 0 Å². The zero-order chi connectivity index (χ0) is 16.4. The van der Waals surface area contributed by atoms with Crippen molar-refractivity contribution in [1.82, 2.24) is 14.9 Å². The summed E-state index contributed by atoms with van der Waals surface area (Å²) in [5.74, 6) is 0. The lowest BCUT2D eigenvalue weighted by Crippen LogP contribution is -2.46. The number of rotatable bonds is 3. The fourth-order valence-corrected chi connectivity index (χ4v) is 3.44. The van der Waals surface area contributed by atoms with Crippen molar-refractivity contribution in [3.05, 3.63) is 66.1 Å². The van der Waals surface area contributed by atoms with Crippen LogP contribution in [0.25, 0.3) is 10.9 Å². The molecule has 0 aliphatic carbocycles. The summed E-state index contributed by atoms with van der Waals surface area (Å²) in [6.45, 7) is 7.31. The summed E-state index contributed by atoms with van der Waals surface area (Å²) in [5.41, 5.74) is 4.78. The molecule has 0 saturated carbocycles. The van der Waals surface area contributed by atoms with Gasteiger partial charge in [-0.2, -0.15) is 0 Å². The van der Waals surface area contributed by atoms with Crippen LogP contribution in [-0.4, -0.2) is 41.0 Å². The van der Waals surface area contributed by atoms with Crippen molar-refractivity contribution in [2.75, 3.05) is 31.1 Å². The molecule has 1 aliphatic heterocycles. The number of piperazine rings is 1. The fourth-order valence-electron chi connectivity index (χ4n) is 3.44. The summed E-state index contributed by atoms with van der Waals surface area (Å²) < 4.78 is 0. The van der Waals surface area contributed by atoms with E-state index < -0.39 is 0 Å². The van der Waals surface area contributed by atoms with E-state index >= 15 is 0 Å². The molecule has 0 atom stereocenters. The highest BCUT2D eigenvalue weighted by molar-refractivity contribution is 5.92. The third-order valence-electron chi connectivity index (χ3n) is 4.66. The van der Waals surface area contributed by atoms with Crippen LogP contribution in [0.4, 0.5) is 5.69 Å². The van der Waals surface area contributed by atoms with Crippen LogP contribution in [0, 0.1) is 6.92 Å². The summed E-state index contributed by atoms with van der Waals surface area (Å²) in [7, 11) is 0. The Morgan fingerprint density at radius 2 is 1.83 bits per heavy atom. The van der Waals surface area contributed by atoms with Crippen molar-refractivity contribution in [3.63, 3.8) is 0 Å². The van der Waals surface area contributed by atoms with Crippen LogP contribution in [0.3, 0.4) is 0 Å². The second-order valence-corrected chi connectivity index (χ2v) is 6.42. The molecule has 3 heterocycles. The molecule has 2 aromatic heterocycles. The topological polar surface area (TPSA) is 32.3 Å². The van der Waals surface area contributed by atoms with E-state index in [4.69, 9.17) is 0 Å². The van der Waals surface area contributed by atoms with Gasteiger partial charge < -0.3 is 4.90 Å². The average Bonchev–Trinajstić information content (AvgIpc) is 2.62. The van der Waals surface area contributed by atoms with E-state index in [1.807, 2.05) is 18.5 Å². The maximum Gasteiger partial charge on any atom is 0.0726 e. The van der Waals surface area contributed by atoms with Gasteiger partial charge in [-0.05, 0) is 30.7 Å². The fraction of sp³-hybridized carbons (Fsp3) is 0.300. The van der Waals surface area contributed by atoms with Crippen LogP contribution in [-0.2, 0) is 6.54 Å². The van der Waals surface area contributed by atoms with Crippen molar-refractivity contribution >= 4 is 16.6 Å². The van der Waals surface area contributed by atoms with Gasteiger partial charge in [0.15, 0.2) is 0 Å². The van der Waals surface area contributed by atoms with Gasteiger partial charge in [0.1, 0.15) is 0 Å². The molecule has 122 valence electrons. The molecule has 0 N–H and O–H groups in total. The molecular formula is C20H22N4. The number of nitrogens with zero attached hydrogens (tertiary/aromatic N) is 4. The standard InChI is InChI=1S/C20H22N4/c1-16-13-20(18-6-2-3-7-19(18)22-16)24-11-9-23(10-12-24)15-17-5-4-8-21-14-17/h2-8,13-14H,9-12,15H2,1H3. The molecule has 0 unspecified atom stereocenters. The van der Waals surface area contributed by atoms with Crippen molar-refractivity contribution in [3.8, 4) is 0 Å². The van der Waals surface area contributed by atoms with Crippen LogP contribution in [0.2, 0.25) is 0 Å². The molecule has 0 spiro atoms.